The first-order valence-corrected chi connectivity index (χ1v) is 4.84. The highest BCUT2D eigenvalue weighted by Gasteiger charge is 2.35. The molecule has 0 fully saturated rings. The number of halogens is 5. The van der Waals surface area contributed by atoms with Gasteiger partial charge in [-0.05, 0) is 22.0 Å². The molecule has 16 heavy (non-hydrogen) atoms. The number of aldehydes is 1. The first-order chi connectivity index (χ1) is 7.32. The van der Waals surface area contributed by atoms with Gasteiger partial charge in [0.2, 0.25) is 0 Å². The molecule has 7 heteroatoms. The minimum atomic E-state index is -4.72. The van der Waals surface area contributed by atoms with E-state index in [0.29, 0.717) is 6.07 Å². The Bertz CT molecular complexity index is 430. The van der Waals surface area contributed by atoms with Crippen LogP contribution in [-0.4, -0.2) is 13.3 Å². The highest BCUT2D eigenvalue weighted by molar-refractivity contribution is 9.10. The summed E-state index contributed by atoms with van der Waals surface area (Å²) in [5, 5.41) is 2.33. The van der Waals surface area contributed by atoms with Gasteiger partial charge in [0.1, 0.15) is 0 Å². The molecule has 1 aromatic carbocycles. The van der Waals surface area contributed by atoms with E-state index in [0.717, 1.165) is 0 Å². The summed E-state index contributed by atoms with van der Waals surface area (Å²) >= 11 is 2.52. The largest absolute Gasteiger partial charge is 0.417 e. The van der Waals surface area contributed by atoms with Crippen LogP contribution >= 0.6 is 15.9 Å². The second-order valence-electron chi connectivity index (χ2n) is 2.88. The van der Waals surface area contributed by atoms with E-state index in [9.17, 15) is 22.4 Å². The van der Waals surface area contributed by atoms with Crippen molar-refractivity contribution in [3.63, 3.8) is 0 Å². The van der Waals surface area contributed by atoms with Crippen molar-refractivity contribution in [3.05, 3.63) is 27.5 Å². The average Bonchev–Trinajstić information content (AvgIpc) is 2.19. The third-order valence-corrected chi connectivity index (χ3v) is 2.69. The maximum Gasteiger partial charge on any atom is 0.417 e. The lowest BCUT2D eigenvalue weighted by Gasteiger charge is -2.14. The molecule has 1 rings (SSSR count). The molecule has 0 radical (unpaired) electrons. The van der Waals surface area contributed by atoms with Crippen molar-refractivity contribution in [2.45, 2.75) is 6.18 Å². The summed E-state index contributed by atoms with van der Waals surface area (Å²) in [7, 11) is 1.31. The number of carbonyl (C=O) groups excluding carboxylic acids is 1. The summed E-state index contributed by atoms with van der Waals surface area (Å²) in [5.74, 6) is -1.14. The zero-order chi connectivity index (χ0) is 12.5. The fraction of sp³-hybridized carbons (Fsp3) is 0.222. The van der Waals surface area contributed by atoms with Crippen molar-refractivity contribution < 1.29 is 22.4 Å². The van der Waals surface area contributed by atoms with E-state index in [4.69, 9.17) is 0 Å². The molecule has 0 aliphatic rings. The van der Waals surface area contributed by atoms with Gasteiger partial charge in [0.05, 0.1) is 15.7 Å². The Morgan fingerprint density at radius 3 is 2.38 bits per heavy atom. The molecule has 0 aliphatic carbocycles. The van der Waals surface area contributed by atoms with Crippen LogP contribution in [0.25, 0.3) is 0 Å². The summed E-state index contributed by atoms with van der Waals surface area (Å²) in [6.45, 7) is 0. The molecule has 0 aliphatic heterocycles. The highest BCUT2D eigenvalue weighted by Crippen LogP contribution is 2.39. The van der Waals surface area contributed by atoms with Crippen molar-refractivity contribution in [1.29, 1.82) is 0 Å². The summed E-state index contributed by atoms with van der Waals surface area (Å²) in [4.78, 5) is 10.5. The summed E-state index contributed by atoms with van der Waals surface area (Å²) in [6, 6.07) is 0.589. The molecule has 0 atom stereocenters. The maximum absolute atomic E-state index is 13.5. The van der Waals surface area contributed by atoms with Gasteiger partial charge in [-0.25, -0.2) is 4.39 Å². The zero-order valence-corrected chi connectivity index (χ0v) is 9.54. The van der Waals surface area contributed by atoms with Crippen LogP contribution in [0.1, 0.15) is 15.9 Å². The summed E-state index contributed by atoms with van der Waals surface area (Å²) < 4.78 is 50.1. The van der Waals surface area contributed by atoms with Crippen molar-refractivity contribution >= 4 is 27.9 Å². The Labute approximate surface area is 96.8 Å². The lowest BCUT2D eigenvalue weighted by Crippen LogP contribution is -2.10. The molecule has 2 nitrogen and oxygen atoms in total. The van der Waals surface area contributed by atoms with Gasteiger partial charge in [-0.15, -0.1) is 0 Å². The highest BCUT2D eigenvalue weighted by atomic mass is 79.9. The molecule has 0 heterocycles. The number of alkyl halides is 3. The standard InChI is InChI=1S/C9H6BrF4NO/c1-15-8-4(3-16)2-5(9(12,13)14)6(10)7(8)11/h2-3,15H,1H3. The molecule has 1 N–H and O–H groups in total. The van der Waals surface area contributed by atoms with E-state index in [1.807, 2.05) is 0 Å². The molecular formula is C9H6BrF4NO. The second-order valence-corrected chi connectivity index (χ2v) is 3.67. The Morgan fingerprint density at radius 2 is 2.00 bits per heavy atom. The van der Waals surface area contributed by atoms with Gasteiger partial charge in [-0.3, -0.25) is 4.79 Å². The van der Waals surface area contributed by atoms with Crippen LogP contribution in [0.5, 0.6) is 0 Å². The Morgan fingerprint density at radius 1 is 1.44 bits per heavy atom. The van der Waals surface area contributed by atoms with Crippen LogP contribution in [-0.2, 0) is 6.18 Å². The number of hydrogen-bond donors (Lipinski definition) is 1. The predicted octanol–water partition coefficient (Wildman–Crippen LogP) is 3.46. The van der Waals surface area contributed by atoms with Crippen LogP contribution in [0.4, 0.5) is 23.2 Å². The van der Waals surface area contributed by atoms with Gasteiger partial charge in [0.15, 0.2) is 12.1 Å². The first-order valence-electron chi connectivity index (χ1n) is 4.05. The molecule has 0 unspecified atom stereocenters. The molecular weight excluding hydrogens is 294 g/mol. The van der Waals surface area contributed by atoms with Crippen LogP contribution in [0.15, 0.2) is 10.5 Å². The van der Waals surface area contributed by atoms with E-state index in [-0.39, 0.29) is 17.5 Å². The van der Waals surface area contributed by atoms with Crippen molar-refractivity contribution in [1.82, 2.24) is 0 Å². The van der Waals surface area contributed by atoms with E-state index >= 15 is 0 Å². The minimum absolute atomic E-state index is 0.163. The lowest BCUT2D eigenvalue weighted by molar-refractivity contribution is -0.138. The predicted molar refractivity (Wildman–Crippen MR) is 54.0 cm³/mol. The van der Waals surface area contributed by atoms with Crippen LogP contribution in [0.2, 0.25) is 0 Å². The van der Waals surface area contributed by atoms with E-state index in [1.54, 1.807) is 0 Å². The number of anilines is 1. The van der Waals surface area contributed by atoms with E-state index in [2.05, 4.69) is 21.2 Å². The molecule has 88 valence electrons. The van der Waals surface area contributed by atoms with Crippen molar-refractivity contribution in [3.8, 4) is 0 Å². The second kappa shape index (κ2) is 4.40. The Hall–Kier alpha value is -1.11. The van der Waals surface area contributed by atoms with Gasteiger partial charge in [0.25, 0.3) is 0 Å². The minimum Gasteiger partial charge on any atom is -0.385 e. The van der Waals surface area contributed by atoms with Crippen LogP contribution in [0, 0.1) is 5.82 Å². The van der Waals surface area contributed by atoms with Gasteiger partial charge < -0.3 is 5.32 Å². The average molecular weight is 300 g/mol. The Balaban J connectivity index is 3.57. The summed E-state index contributed by atoms with van der Waals surface area (Å²) in [6.07, 6.45) is -4.56. The molecule has 0 saturated carbocycles. The third kappa shape index (κ3) is 2.18. The fourth-order valence-electron chi connectivity index (χ4n) is 1.20. The SMILES string of the molecule is CNc1c(C=O)cc(C(F)(F)F)c(Br)c1F. The van der Waals surface area contributed by atoms with Gasteiger partial charge in [-0.2, -0.15) is 13.2 Å². The van der Waals surface area contributed by atoms with Crippen LogP contribution in [0.3, 0.4) is 0 Å². The Kier molecular flexibility index (Phi) is 3.57. The van der Waals surface area contributed by atoms with Gasteiger partial charge >= 0.3 is 6.18 Å². The molecule has 1 aromatic rings. The van der Waals surface area contributed by atoms with Gasteiger partial charge in [-0.1, -0.05) is 0 Å². The quantitative estimate of drug-likeness (QED) is 0.669. The smallest absolute Gasteiger partial charge is 0.385 e. The number of rotatable bonds is 2. The number of benzene rings is 1. The fourth-order valence-corrected chi connectivity index (χ4v) is 1.74. The molecule has 0 aromatic heterocycles. The first kappa shape index (κ1) is 13.0. The van der Waals surface area contributed by atoms with Crippen molar-refractivity contribution in [2.24, 2.45) is 0 Å². The van der Waals surface area contributed by atoms with Gasteiger partial charge in [0, 0.05) is 12.6 Å². The van der Waals surface area contributed by atoms with E-state index in [1.165, 1.54) is 7.05 Å². The molecule has 0 saturated heterocycles. The lowest BCUT2D eigenvalue weighted by atomic mass is 10.1. The third-order valence-electron chi connectivity index (χ3n) is 1.92. The maximum atomic E-state index is 13.5. The van der Waals surface area contributed by atoms with E-state index < -0.39 is 22.0 Å². The molecule has 0 amide bonds. The van der Waals surface area contributed by atoms with Crippen LogP contribution < -0.4 is 5.32 Å². The van der Waals surface area contributed by atoms with Crippen molar-refractivity contribution in [2.75, 3.05) is 12.4 Å². The molecule has 0 bridgehead atoms. The number of nitrogens with one attached hydrogen (secondary N) is 1. The zero-order valence-electron chi connectivity index (χ0n) is 7.95. The molecule has 0 spiro atoms. The number of hydrogen-bond acceptors (Lipinski definition) is 2. The number of carbonyl (C=O) groups is 1. The summed E-state index contributed by atoms with van der Waals surface area (Å²) in [5.41, 5.74) is -1.86. The topological polar surface area (TPSA) is 29.1 Å². The monoisotopic (exact) mass is 299 g/mol. The normalized spacial score (nSPS) is 11.4.